The number of carbonyl (C=O) groups excluding carboxylic acids is 1. The molecule has 5 rings (SSSR count). The van der Waals surface area contributed by atoms with E-state index in [1.54, 1.807) is 4.90 Å². The van der Waals surface area contributed by atoms with E-state index in [0.29, 0.717) is 25.2 Å². The van der Waals surface area contributed by atoms with Gasteiger partial charge in [-0.15, -0.1) is 18.5 Å². The first-order chi connectivity index (χ1) is 19.7. The van der Waals surface area contributed by atoms with Gasteiger partial charge in [-0.25, -0.2) is 23.2 Å². The largest absolute Gasteiger partial charge is 0.300 e. The lowest BCUT2D eigenvalue weighted by Gasteiger charge is -2.24. The lowest BCUT2D eigenvalue weighted by atomic mass is 9.92. The maximum absolute atomic E-state index is 14.3. The van der Waals surface area contributed by atoms with Gasteiger partial charge in [-0.05, 0) is 54.2 Å². The van der Waals surface area contributed by atoms with Crippen molar-refractivity contribution >= 4 is 52.2 Å². The third-order valence-electron chi connectivity index (χ3n) is 7.22. The number of likely N-dealkylation sites (N-methyl/N-ethyl adjacent to an activating group) is 1. The molecule has 0 spiro atoms. The summed E-state index contributed by atoms with van der Waals surface area (Å²) >= 11 is 0. The predicted octanol–water partition coefficient (Wildman–Crippen LogP) is 6.44. The smallest absolute Gasteiger partial charge is 0.232 e. The molecule has 2 aliphatic rings. The molecule has 0 saturated heterocycles. The molecule has 0 bridgehead atoms. The molecule has 0 N–H and O–H groups in total. The number of benzene rings is 3. The van der Waals surface area contributed by atoms with Crippen LogP contribution in [0.25, 0.3) is 5.70 Å². The van der Waals surface area contributed by atoms with Gasteiger partial charge in [-0.3, -0.25) is 9.69 Å². The van der Waals surface area contributed by atoms with E-state index >= 15 is 0 Å². The molecule has 214 valence electrons. The van der Waals surface area contributed by atoms with E-state index in [4.69, 9.17) is 9.98 Å². The zero-order valence-electron chi connectivity index (χ0n) is 23.7. The van der Waals surface area contributed by atoms with Crippen molar-refractivity contribution in [1.29, 1.82) is 0 Å². The molecule has 2 unspecified atom stereocenters. The molecule has 1 aliphatic carbocycles. The van der Waals surface area contributed by atoms with Crippen LogP contribution in [0.5, 0.6) is 0 Å². The second-order valence-corrected chi connectivity index (χ2v) is 10.9. The molecule has 0 saturated carbocycles. The molecule has 2 atom stereocenters. The van der Waals surface area contributed by atoms with Crippen LogP contribution in [0.15, 0.2) is 64.2 Å². The first kappa shape index (κ1) is 30.8. The summed E-state index contributed by atoms with van der Waals surface area (Å²) < 4.78 is 42.6. The Bertz CT molecular complexity index is 1550. The maximum Gasteiger partial charge on any atom is 0.232 e. The van der Waals surface area contributed by atoms with Crippen LogP contribution in [-0.2, 0) is 17.6 Å². The van der Waals surface area contributed by atoms with Gasteiger partial charge >= 0.3 is 0 Å². The summed E-state index contributed by atoms with van der Waals surface area (Å²) in [5, 5.41) is 0.954. The molecular weight excluding hydrogens is 561 g/mol. The van der Waals surface area contributed by atoms with Crippen LogP contribution in [0.3, 0.4) is 0 Å². The topological polar surface area (TPSA) is 45.0 Å². The Kier molecular flexibility index (Phi) is 9.94. The third-order valence-corrected chi connectivity index (χ3v) is 8.18. The van der Waals surface area contributed by atoms with Gasteiger partial charge in [0.15, 0.2) is 17.5 Å². The van der Waals surface area contributed by atoms with Crippen LogP contribution in [-0.4, -0.2) is 28.9 Å². The van der Waals surface area contributed by atoms with Gasteiger partial charge < -0.3 is 0 Å². The zero-order chi connectivity index (χ0) is 29.8. The van der Waals surface area contributed by atoms with E-state index in [-0.39, 0.29) is 28.8 Å². The zero-order valence-corrected chi connectivity index (χ0v) is 26.0. The Morgan fingerprint density at radius 1 is 0.951 bits per heavy atom. The van der Waals surface area contributed by atoms with Crippen LogP contribution in [0.4, 0.5) is 13.2 Å². The van der Waals surface area contributed by atoms with E-state index in [9.17, 15) is 18.0 Å². The maximum atomic E-state index is 14.3. The van der Waals surface area contributed by atoms with Crippen molar-refractivity contribution in [1.82, 2.24) is 4.90 Å². The second-order valence-electron chi connectivity index (χ2n) is 9.62. The average molecular weight is 596 g/mol. The number of nitrogens with zero attached hydrogens (tertiary/aromatic N) is 3. The van der Waals surface area contributed by atoms with Crippen molar-refractivity contribution < 1.29 is 18.0 Å². The lowest BCUT2D eigenvalue weighted by Crippen LogP contribution is -2.39. The number of hydrogen-bond donors (Lipinski definition) is 0. The summed E-state index contributed by atoms with van der Waals surface area (Å²) in [5.41, 5.74) is 5.54. The number of halogens is 3. The summed E-state index contributed by atoms with van der Waals surface area (Å²) in [5.74, 6) is -3.98. The quantitative estimate of drug-likeness (QED) is 0.253. The first-order valence-electron chi connectivity index (χ1n) is 13.7. The number of amidine groups is 1. The SMILES string of the molecule is CC.CCN(C(=O)Cc1c(C)c(F)c(F)c(F)c1P)C1=NC2=C(N=C(c3ccccc3)C1)c1ccc(P)cc1CC2. The highest BCUT2D eigenvalue weighted by atomic mass is 31.0. The number of aryl methyl sites for hydroxylation is 1. The van der Waals surface area contributed by atoms with Gasteiger partial charge in [-0.1, -0.05) is 62.4 Å². The molecule has 1 amide bonds. The monoisotopic (exact) mass is 595 g/mol. The standard InChI is InChI=1S/C30H28F3N3OP2.C2H6/c1-3-36(25(37)14-21-16(2)26(31)27(32)28(33)30(21)39)24-15-23(17-7-5-4-6-8-17)35-29-20-11-10-19(38)13-18(20)9-12-22(29)34-24;1-2/h4-8,10-11,13H,3,9,12,14-15,38-39H2,1-2H3;1-2H3. The van der Waals surface area contributed by atoms with Gasteiger partial charge in [-0.2, -0.15) is 0 Å². The summed E-state index contributed by atoms with van der Waals surface area (Å²) in [6.07, 6.45) is 1.47. The Balaban J connectivity index is 0.00000189. The Labute approximate surface area is 244 Å². The summed E-state index contributed by atoms with van der Waals surface area (Å²) in [7, 11) is 4.83. The number of hydrogen-bond acceptors (Lipinski definition) is 3. The summed E-state index contributed by atoms with van der Waals surface area (Å²) in [4.78, 5) is 25.3. The molecule has 0 radical (unpaired) electrons. The number of rotatable bonds is 4. The number of carbonyl (C=O) groups is 1. The van der Waals surface area contributed by atoms with Crippen LogP contribution in [0, 0.1) is 24.4 Å². The van der Waals surface area contributed by atoms with E-state index in [2.05, 4.69) is 30.6 Å². The van der Waals surface area contributed by atoms with Crippen molar-refractivity contribution in [2.75, 3.05) is 6.54 Å². The molecule has 0 fully saturated rings. The Morgan fingerprint density at radius 2 is 1.66 bits per heavy atom. The predicted molar refractivity (Wildman–Crippen MR) is 169 cm³/mol. The van der Waals surface area contributed by atoms with E-state index in [1.807, 2.05) is 57.2 Å². The fourth-order valence-electron chi connectivity index (χ4n) is 5.11. The van der Waals surface area contributed by atoms with E-state index < -0.39 is 17.5 Å². The Hall–Kier alpha value is -3.14. The van der Waals surface area contributed by atoms with Gasteiger partial charge in [0.2, 0.25) is 5.91 Å². The number of allylic oxidation sites excluding steroid dienone is 1. The second kappa shape index (κ2) is 13.2. The van der Waals surface area contributed by atoms with Gasteiger partial charge in [0, 0.05) is 23.8 Å². The van der Waals surface area contributed by atoms with Crippen molar-refractivity contribution in [3.8, 4) is 0 Å². The van der Waals surface area contributed by atoms with Gasteiger partial charge in [0.25, 0.3) is 0 Å². The molecule has 4 nitrogen and oxygen atoms in total. The molecule has 41 heavy (non-hydrogen) atoms. The van der Waals surface area contributed by atoms with Crippen LogP contribution >= 0.6 is 18.5 Å². The molecule has 3 aromatic carbocycles. The highest BCUT2D eigenvalue weighted by molar-refractivity contribution is 7.27. The van der Waals surface area contributed by atoms with Crippen molar-refractivity contribution in [3.63, 3.8) is 0 Å². The molecule has 1 heterocycles. The van der Waals surface area contributed by atoms with Crippen LogP contribution < -0.4 is 10.6 Å². The molecule has 3 aromatic rings. The van der Waals surface area contributed by atoms with Crippen molar-refractivity contribution in [2.45, 2.75) is 53.4 Å². The number of aliphatic imine (C=N–C) groups is 2. The van der Waals surface area contributed by atoms with Crippen molar-refractivity contribution in [2.24, 2.45) is 9.98 Å². The number of fused-ring (bicyclic) bond motifs is 2. The highest BCUT2D eigenvalue weighted by Gasteiger charge is 2.29. The average Bonchev–Trinajstić information content (AvgIpc) is 3.19. The fourth-order valence-corrected chi connectivity index (χ4v) is 5.85. The summed E-state index contributed by atoms with van der Waals surface area (Å²) in [6.45, 7) is 7.48. The van der Waals surface area contributed by atoms with Crippen molar-refractivity contribution in [3.05, 3.63) is 99.5 Å². The summed E-state index contributed by atoms with van der Waals surface area (Å²) in [6, 6.07) is 16.0. The minimum absolute atomic E-state index is 0.0833. The molecule has 1 aliphatic heterocycles. The Morgan fingerprint density at radius 3 is 2.34 bits per heavy atom. The van der Waals surface area contributed by atoms with Gasteiger partial charge in [0.05, 0.1) is 23.5 Å². The van der Waals surface area contributed by atoms with Crippen LogP contribution in [0.2, 0.25) is 0 Å². The first-order valence-corrected chi connectivity index (χ1v) is 14.9. The lowest BCUT2D eigenvalue weighted by molar-refractivity contribution is -0.126. The third kappa shape index (κ3) is 6.22. The molecular formula is C32H34F3N3OP2. The highest BCUT2D eigenvalue weighted by Crippen LogP contribution is 2.35. The van der Waals surface area contributed by atoms with Gasteiger partial charge in [0.1, 0.15) is 5.84 Å². The fraction of sp³-hybridized carbons (Fsp3) is 0.281. The van der Waals surface area contributed by atoms with Crippen LogP contribution in [0.1, 0.15) is 61.4 Å². The minimum Gasteiger partial charge on any atom is -0.300 e. The minimum atomic E-state index is -1.54. The normalized spacial score (nSPS) is 14.2. The van der Waals surface area contributed by atoms with E-state index in [0.717, 1.165) is 40.0 Å². The van der Waals surface area contributed by atoms with E-state index in [1.165, 1.54) is 12.5 Å². The molecule has 9 heteroatoms. The number of amides is 1. The molecule has 0 aromatic heterocycles.